The van der Waals surface area contributed by atoms with Crippen LogP contribution in [0.4, 0.5) is 10.5 Å². The maximum Gasteiger partial charge on any atom is 0.293 e. The minimum absolute atomic E-state index is 0.132. The average molecular weight is 442 g/mol. The minimum Gasteiger partial charge on any atom is -0.362 e. The van der Waals surface area contributed by atoms with Crippen LogP contribution in [0.1, 0.15) is 11.1 Å². The van der Waals surface area contributed by atoms with E-state index in [1.165, 1.54) is 5.56 Å². The van der Waals surface area contributed by atoms with Gasteiger partial charge < -0.3 is 10.2 Å². The van der Waals surface area contributed by atoms with Crippen LogP contribution in [-0.4, -0.2) is 48.1 Å². The highest BCUT2D eigenvalue weighted by atomic mass is 35.5. The maximum atomic E-state index is 12.6. The highest BCUT2D eigenvalue weighted by molar-refractivity contribution is 8.18. The second-order valence-corrected chi connectivity index (χ2v) is 8.41. The molecule has 0 saturated carbocycles. The molecule has 1 fully saturated rings. The van der Waals surface area contributed by atoms with E-state index in [2.05, 4.69) is 11.4 Å². The van der Waals surface area contributed by atoms with E-state index >= 15 is 0 Å². The number of benzene rings is 2. The third-order valence-electron chi connectivity index (χ3n) is 5.04. The van der Waals surface area contributed by atoms with E-state index in [0.717, 1.165) is 35.3 Å². The Kier molecular flexibility index (Phi) is 6.11. The van der Waals surface area contributed by atoms with Crippen molar-refractivity contribution in [3.05, 3.63) is 69.6 Å². The minimum atomic E-state index is -0.368. The molecule has 4 rings (SSSR count). The molecule has 154 valence electrons. The number of anilines is 1. The molecule has 0 radical (unpaired) electrons. The molecule has 0 spiro atoms. The standard InChI is InChI=1S/C22H20ClN3O3S/c23-17-7-3-1-6-16(17)13-19-21(28)26(22(29)30-19)12-10-24-20(27)14-25-11-9-15-5-2-4-8-18(15)25/h1-8,13H,9-12,14H2,(H,24,27)/b19-13-. The molecule has 2 heterocycles. The van der Waals surface area contributed by atoms with Gasteiger partial charge in [-0.05, 0) is 47.5 Å². The summed E-state index contributed by atoms with van der Waals surface area (Å²) < 4.78 is 0. The first-order valence-corrected chi connectivity index (χ1v) is 10.8. The summed E-state index contributed by atoms with van der Waals surface area (Å²) in [5.74, 6) is -0.502. The molecule has 2 aromatic rings. The van der Waals surface area contributed by atoms with Crippen molar-refractivity contribution in [1.29, 1.82) is 0 Å². The monoisotopic (exact) mass is 441 g/mol. The number of halogens is 1. The Bertz CT molecular complexity index is 1040. The molecule has 0 atom stereocenters. The molecule has 2 aliphatic heterocycles. The Morgan fingerprint density at radius 2 is 1.90 bits per heavy atom. The van der Waals surface area contributed by atoms with Crippen LogP contribution in [-0.2, 0) is 16.0 Å². The van der Waals surface area contributed by atoms with Crippen LogP contribution in [0, 0.1) is 0 Å². The van der Waals surface area contributed by atoms with Gasteiger partial charge in [-0.2, -0.15) is 0 Å². The molecule has 30 heavy (non-hydrogen) atoms. The third-order valence-corrected chi connectivity index (χ3v) is 6.29. The fourth-order valence-corrected chi connectivity index (χ4v) is 4.58. The molecule has 0 bridgehead atoms. The van der Waals surface area contributed by atoms with Gasteiger partial charge in [-0.3, -0.25) is 19.3 Å². The number of amides is 3. The van der Waals surface area contributed by atoms with E-state index in [4.69, 9.17) is 11.6 Å². The predicted octanol–water partition coefficient (Wildman–Crippen LogP) is 3.56. The van der Waals surface area contributed by atoms with E-state index in [1.54, 1.807) is 24.3 Å². The fraction of sp³-hybridized carbons (Fsp3) is 0.227. The summed E-state index contributed by atoms with van der Waals surface area (Å²) in [6.45, 7) is 1.41. The summed E-state index contributed by atoms with van der Waals surface area (Å²) >= 11 is 7.01. The molecule has 8 heteroatoms. The van der Waals surface area contributed by atoms with Crippen molar-refractivity contribution in [1.82, 2.24) is 10.2 Å². The van der Waals surface area contributed by atoms with Gasteiger partial charge in [-0.15, -0.1) is 0 Å². The van der Waals surface area contributed by atoms with Crippen molar-refractivity contribution in [3.8, 4) is 0 Å². The average Bonchev–Trinajstić information content (AvgIpc) is 3.25. The van der Waals surface area contributed by atoms with Crippen molar-refractivity contribution in [2.24, 2.45) is 0 Å². The van der Waals surface area contributed by atoms with Gasteiger partial charge >= 0.3 is 0 Å². The SMILES string of the molecule is O=C(CN1CCc2ccccc21)NCCN1C(=O)S/C(=C\c2ccccc2Cl)C1=O. The number of nitrogens with one attached hydrogen (secondary N) is 1. The molecule has 0 unspecified atom stereocenters. The molecular weight excluding hydrogens is 422 g/mol. The predicted molar refractivity (Wildman–Crippen MR) is 119 cm³/mol. The Balaban J connectivity index is 1.30. The quantitative estimate of drug-likeness (QED) is 0.694. The lowest BCUT2D eigenvalue weighted by molar-refractivity contribution is -0.124. The lowest BCUT2D eigenvalue weighted by atomic mass is 10.2. The van der Waals surface area contributed by atoms with Crippen molar-refractivity contribution in [2.75, 3.05) is 31.1 Å². The van der Waals surface area contributed by atoms with Crippen LogP contribution in [0.3, 0.4) is 0 Å². The number of fused-ring (bicyclic) bond motifs is 1. The first kappa shape index (κ1) is 20.5. The van der Waals surface area contributed by atoms with Crippen molar-refractivity contribution in [2.45, 2.75) is 6.42 Å². The molecule has 0 aliphatic carbocycles. The number of thioether (sulfide) groups is 1. The Morgan fingerprint density at radius 1 is 1.13 bits per heavy atom. The van der Waals surface area contributed by atoms with Crippen molar-refractivity contribution in [3.63, 3.8) is 0 Å². The van der Waals surface area contributed by atoms with Gasteiger partial charge in [0, 0.05) is 30.3 Å². The number of hydrogen-bond donors (Lipinski definition) is 1. The number of carbonyl (C=O) groups is 3. The highest BCUT2D eigenvalue weighted by Gasteiger charge is 2.34. The highest BCUT2D eigenvalue weighted by Crippen LogP contribution is 2.33. The number of rotatable bonds is 6. The van der Waals surface area contributed by atoms with Crippen molar-refractivity contribution >= 4 is 52.2 Å². The normalized spacial score (nSPS) is 17.0. The lowest BCUT2D eigenvalue weighted by Gasteiger charge is -2.19. The zero-order valence-electron chi connectivity index (χ0n) is 16.1. The number of carbonyl (C=O) groups excluding carboxylic acids is 3. The van der Waals surface area contributed by atoms with E-state index < -0.39 is 0 Å². The summed E-state index contributed by atoms with van der Waals surface area (Å²) in [7, 11) is 0. The first-order chi connectivity index (χ1) is 14.5. The lowest BCUT2D eigenvalue weighted by Crippen LogP contribution is -2.41. The van der Waals surface area contributed by atoms with Crippen LogP contribution >= 0.6 is 23.4 Å². The third kappa shape index (κ3) is 4.37. The zero-order valence-corrected chi connectivity index (χ0v) is 17.7. The Morgan fingerprint density at radius 3 is 2.73 bits per heavy atom. The van der Waals surface area contributed by atoms with Crippen LogP contribution in [0.15, 0.2) is 53.4 Å². The van der Waals surface area contributed by atoms with Crippen LogP contribution < -0.4 is 10.2 Å². The molecule has 0 aromatic heterocycles. The zero-order chi connectivity index (χ0) is 21.1. The van der Waals surface area contributed by atoms with E-state index in [9.17, 15) is 14.4 Å². The number of imide groups is 1. The van der Waals surface area contributed by atoms with Crippen LogP contribution in [0.25, 0.3) is 6.08 Å². The first-order valence-electron chi connectivity index (χ1n) is 9.62. The number of para-hydroxylation sites is 1. The van der Waals surface area contributed by atoms with Gasteiger partial charge in [-0.25, -0.2) is 0 Å². The summed E-state index contributed by atoms with van der Waals surface area (Å²) in [5.41, 5.74) is 3.01. The second kappa shape index (κ2) is 8.93. The van der Waals surface area contributed by atoms with Crippen LogP contribution in [0.2, 0.25) is 5.02 Å². The largest absolute Gasteiger partial charge is 0.362 e. The summed E-state index contributed by atoms with van der Waals surface area (Å²) in [6.07, 6.45) is 2.55. The van der Waals surface area contributed by atoms with Crippen LogP contribution in [0.5, 0.6) is 0 Å². The van der Waals surface area contributed by atoms with Gasteiger partial charge in [0.25, 0.3) is 11.1 Å². The summed E-state index contributed by atoms with van der Waals surface area (Å²) in [6, 6.07) is 15.2. The maximum absolute atomic E-state index is 12.6. The van der Waals surface area contributed by atoms with E-state index in [-0.39, 0.29) is 36.7 Å². The van der Waals surface area contributed by atoms with Gasteiger partial charge in [-0.1, -0.05) is 48.0 Å². The second-order valence-electron chi connectivity index (χ2n) is 7.01. The number of nitrogens with zero attached hydrogens (tertiary/aromatic N) is 2. The van der Waals surface area contributed by atoms with Gasteiger partial charge in [0.15, 0.2) is 0 Å². The van der Waals surface area contributed by atoms with E-state index in [0.29, 0.717) is 15.5 Å². The molecule has 1 saturated heterocycles. The summed E-state index contributed by atoms with van der Waals surface area (Å²) in [4.78, 5) is 40.6. The number of hydrogen-bond acceptors (Lipinski definition) is 5. The fourth-order valence-electron chi connectivity index (χ4n) is 3.53. The molecule has 3 amide bonds. The molecule has 2 aromatic carbocycles. The van der Waals surface area contributed by atoms with Gasteiger partial charge in [0.05, 0.1) is 11.4 Å². The van der Waals surface area contributed by atoms with Gasteiger partial charge in [0.1, 0.15) is 0 Å². The topological polar surface area (TPSA) is 69.7 Å². The Labute approximate surface area is 183 Å². The van der Waals surface area contributed by atoms with Crippen molar-refractivity contribution < 1.29 is 14.4 Å². The molecule has 2 aliphatic rings. The smallest absolute Gasteiger partial charge is 0.293 e. The van der Waals surface area contributed by atoms with Gasteiger partial charge in [0.2, 0.25) is 5.91 Å². The Hall–Kier alpha value is -2.77. The molecular formula is C22H20ClN3O3S. The summed E-state index contributed by atoms with van der Waals surface area (Å²) in [5, 5.41) is 2.97. The molecule has 6 nitrogen and oxygen atoms in total. The molecule has 1 N–H and O–H groups in total. The van der Waals surface area contributed by atoms with E-state index in [1.807, 2.05) is 29.2 Å².